The van der Waals surface area contributed by atoms with Crippen LogP contribution in [0, 0.1) is 0 Å². The topological polar surface area (TPSA) is 93.1 Å². The maximum Gasteiger partial charge on any atom is 0.391 e. The van der Waals surface area contributed by atoms with E-state index in [1.807, 2.05) is 0 Å². The smallest absolute Gasteiger partial charge is 0.391 e. The van der Waals surface area contributed by atoms with Gasteiger partial charge in [0.05, 0.1) is 0 Å². The molecule has 0 aromatic heterocycles. The lowest BCUT2D eigenvalue weighted by atomic mass is 10.3. The fourth-order valence-corrected chi connectivity index (χ4v) is 2.24. The molecule has 2 N–H and O–H groups in total. The first-order valence-corrected chi connectivity index (χ1v) is 9.12. The quantitative estimate of drug-likeness (QED) is 0.613. The van der Waals surface area contributed by atoms with Crippen molar-refractivity contribution in [2.45, 2.75) is 0 Å². The van der Waals surface area contributed by atoms with Gasteiger partial charge in [-0.1, -0.05) is 6.07 Å². The Morgan fingerprint density at radius 3 is 1.72 bits per heavy atom. The van der Waals surface area contributed by atoms with E-state index < -0.39 is 26.4 Å². The molecule has 0 spiro atoms. The van der Waals surface area contributed by atoms with Gasteiger partial charge in [0.2, 0.25) is 0 Å². The molecular formula is C8H10Cl2O6P2. The van der Waals surface area contributed by atoms with Crippen LogP contribution >= 0.6 is 38.4 Å². The Labute approximate surface area is 114 Å². The molecule has 0 radical (unpaired) electrons. The first-order chi connectivity index (χ1) is 8.28. The Hall–Kier alpha value is -0.220. The highest BCUT2D eigenvalue weighted by Crippen LogP contribution is 2.46. The molecule has 10 heteroatoms. The fraction of sp³-hybridized carbons (Fsp3) is 0.250. The molecule has 0 bridgehead atoms. The van der Waals surface area contributed by atoms with Crippen molar-refractivity contribution in [3.63, 3.8) is 0 Å². The van der Waals surface area contributed by atoms with Gasteiger partial charge < -0.3 is 18.8 Å². The van der Waals surface area contributed by atoms with Crippen LogP contribution in [0.5, 0.6) is 11.5 Å². The van der Waals surface area contributed by atoms with Crippen molar-refractivity contribution in [1.82, 2.24) is 0 Å². The SMILES string of the molecule is O=P(O)(CCl)Oc1cccc(OP(=O)(O)CCl)c1. The van der Waals surface area contributed by atoms with E-state index in [1.165, 1.54) is 24.3 Å². The van der Waals surface area contributed by atoms with Crippen LogP contribution < -0.4 is 9.05 Å². The second-order valence-corrected chi connectivity index (χ2v) is 8.00. The summed E-state index contributed by atoms with van der Waals surface area (Å²) in [5, 5.41) is 0. The maximum absolute atomic E-state index is 11.2. The lowest BCUT2D eigenvalue weighted by molar-refractivity contribution is 0.380. The first kappa shape index (κ1) is 15.8. The molecule has 18 heavy (non-hydrogen) atoms. The van der Waals surface area contributed by atoms with Crippen molar-refractivity contribution in [2.75, 3.05) is 11.2 Å². The van der Waals surface area contributed by atoms with Gasteiger partial charge in [0.15, 0.2) is 0 Å². The van der Waals surface area contributed by atoms with Crippen molar-refractivity contribution in [2.24, 2.45) is 0 Å². The summed E-state index contributed by atoms with van der Waals surface area (Å²) in [5.41, 5.74) is -1.14. The van der Waals surface area contributed by atoms with Gasteiger partial charge in [-0.25, -0.2) is 9.13 Å². The number of halogens is 2. The number of hydrogen-bond acceptors (Lipinski definition) is 4. The van der Waals surface area contributed by atoms with E-state index in [2.05, 4.69) is 0 Å². The highest BCUT2D eigenvalue weighted by Gasteiger charge is 2.21. The van der Waals surface area contributed by atoms with Crippen LogP contribution in [0.4, 0.5) is 0 Å². The summed E-state index contributed by atoms with van der Waals surface area (Å²) in [6.07, 6.45) is 0. The summed E-state index contributed by atoms with van der Waals surface area (Å²) >= 11 is 10.5. The van der Waals surface area contributed by atoms with Gasteiger partial charge in [-0.2, -0.15) is 0 Å². The average molecular weight is 335 g/mol. The fourth-order valence-electron chi connectivity index (χ4n) is 0.966. The van der Waals surface area contributed by atoms with Crippen LogP contribution in [0.25, 0.3) is 0 Å². The van der Waals surface area contributed by atoms with Crippen LogP contribution in [-0.2, 0) is 9.13 Å². The Morgan fingerprint density at radius 1 is 1.00 bits per heavy atom. The monoisotopic (exact) mass is 334 g/mol. The van der Waals surface area contributed by atoms with Gasteiger partial charge in [-0.15, -0.1) is 23.2 Å². The van der Waals surface area contributed by atoms with Crippen molar-refractivity contribution in [1.29, 1.82) is 0 Å². The zero-order valence-corrected chi connectivity index (χ0v) is 12.2. The minimum atomic E-state index is -3.92. The minimum Gasteiger partial charge on any atom is -0.424 e. The van der Waals surface area contributed by atoms with Gasteiger partial charge in [-0.05, 0) is 12.1 Å². The highest BCUT2D eigenvalue weighted by molar-refractivity contribution is 7.55. The Balaban J connectivity index is 2.87. The third kappa shape index (κ3) is 5.19. The Kier molecular flexibility index (Phi) is 5.53. The molecule has 1 aromatic carbocycles. The summed E-state index contributed by atoms with van der Waals surface area (Å²) in [5.74, 6) is -0.0119. The number of rotatable bonds is 6. The van der Waals surface area contributed by atoms with Crippen LogP contribution in [0.2, 0.25) is 0 Å². The lowest BCUT2D eigenvalue weighted by Gasteiger charge is -2.13. The van der Waals surface area contributed by atoms with E-state index in [0.717, 1.165) is 0 Å². The number of alkyl halides is 2. The summed E-state index contributed by atoms with van der Waals surface area (Å²) in [6, 6.07) is 5.37. The largest absolute Gasteiger partial charge is 0.424 e. The van der Waals surface area contributed by atoms with E-state index >= 15 is 0 Å². The van der Waals surface area contributed by atoms with Gasteiger partial charge >= 0.3 is 15.2 Å². The van der Waals surface area contributed by atoms with Crippen molar-refractivity contribution in [3.8, 4) is 11.5 Å². The molecule has 0 aliphatic heterocycles. The van der Waals surface area contributed by atoms with E-state index in [-0.39, 0.29) is 11.5 Å². The molecule has 0 saturated carbocycles. The maximum atomic E-state index is 11.2. The average Bonchev–Trinajstić information content (AvgIpc) is 2.28. The van der Waals surface area contributed by atoms with Crippen molar-refractivity contribution >= 4 is 38.4 Å². The molecule has 2 atom stereocenters. The molecule has 0 aliphatic carbocycles. The van der Waals surface area contributed by atoms with Gasteiger partial charge in [0, 0.05) is 6.07 Å². The third-order valence-electron chi connectivity index (χ3n) is 1.60. The van der Waals surface area contributed by atoms with Crippen molar-refractivity contribution in [3.05, 3.63) is 24.3 Å². The second kappa shape index (κ2) is 6.29. The standard InChI is InChI=1S/C8H10Cl2O6P2/c9-5-17(11,12)15-7-2-1-3-8(4-7)16-18(13,14)6-10/h1-4H,5-6H2,(H,11,12)(H,13,14). The normalized spacial score (nSPS) is 17.6. The molecule has 0 amide bonds. The minimum absolute atomic E-state index is 0.00597. The zero-order valence-electron chi connectivity index (χ0n) is 8.90. The van der Waals surface area contributed by atoms with E-state index in [1.54, 1.807) is 0 Å². The highest BCUT2D eigenvalue weighted by atomic mass is 35.5. The number of benzene rings is 1. The van der Waals surface area contributed by atoms with Crippen LogP contribution in [0.3, 0.4) is 0 Å². The van der Waals surface area contributed by atoms with E-state index in [4.69, 9.17) is 32.2 Å². The molecule has 0 aliphatic rings. The predicted molar refractivity (Wildman–Crippen MR) is 68.8 cm³/mol. The van der Waals surface area contributed by atoms with Gasteiger partial charge in [-0.3, -0.25) is 0 Å². The summed E-state index contributed by atoms with van der Waals surface area (Å²) < 4.78 is 31.9. The second-order valence-electron chi connectivity index (χ2n) is 3.17. The van der Waals surface area contributed by atoms with Crippen LogP contribution in [-0.4, -0.2) is 21.0 Å². The summed E-state index contributed by atoms with van der Waals surface area (Å²) in [6.45, 7) is 0. The third-order valence-corrected chi connectivity index (χ3v) is 5.01. The molecule has 1 aromatic rings. The molecule has 102 valence electrons. The van der Waals surface area contributed by atoms with Crippen LogP contribution in [0.15, 0.2) is 24.3 Å². The summed E-state index contributed by atoms with van der Waals surface area (Å²) in [7, 11) is -7.84. The van der Waals surface area contributed by atoms with Crippen molar-refractivity contribution < 1.29 is 28.0 Å². The van der Waals surface area contributed by atoms with Crippen LogP contribution in [0.1, 0.15) is 0 Å². The molecule has 2 unspecified atom stereocenters. The summed E-state index contributed by atoms with van der Waals surface area (Å²) in [4.78, 5) is 18.4. The Morgan fingerprint density at radius 2 is 1.39 bits per heavy atom. The Bertz CT molecular complexity index is 467. The zero-order chi connectivity index (χ0) is 13.8. The molecule has 1 rings (SSSR count). The lowest BCUT2D eigenvalue weighted by Crippen LogP contribution is -1.95. The predicted octanol–water partition coefficient (Wildman–Crippen LogP) is 3.21. The molecule has 0 fully saturated rings. The number of hydrogen-bond donors (Lipinski definition) is 2. The van der Waals surface area contributed by atoms with E-state index in [0.29, 0.717) is 0 Å². The molecule has 0 saturated heterocycles. The van der Waals surface area contributed by atoms with Gasteiger partial charge in [0.25, 0.3) is 0 Å². The first-order valence-electron chi connectivity index (χ1n) is 4.53. The molecular weight excluding hydrogens is 325 g/mol. The van der Waals surface area contributed by atoms with Gasteiger partial charge in [0.1, 0.15) is 22.7 Å². The molecule has 0 heterocycles. The molecule has 6 nitrogen and oxygen atoms in total. The van der Waals surface area contributed by atoms with E-state index in [9.17, 15) is 18.9 Å².